The summed E-state index contributed by atoms with van der Waals surface area (Å²) in [5.41, 5.74) is 0.691. The predicted octanol–water partition coefficient (Wildman–Crippen LogP) is 0.936. The molecule has 0 saturated carbocycles. The topological polar surface area (TPSA) is 111 Å². The number of thioether (sulfide) groups is 1. The van der Waals surface area contributed by atoms with Gasteiger partial charge in [0.05, 0.1) is 42.4 Å². The Morgan fingerprint density at radius 2 is 1.92 bits per heavy atom. The van der Waals surface area contributed by atoms with Crippen LogP contribution in [0.3, 0.4) is 0 Å². The van der Waals surface area contributed by atoms with Gasteiger partial charge in [-0.15, -0.1) is 11.8 Å². The van der Waals surface area contributed by atoms with E-state index in [0.29, 0.717) is 38.4 Å². The Morgan fingerprint density at radius 3 is 2.61 bits per heavy atom. The van der Waals surface area contributed by atoms with Crippen molar-refractivity contribution in [2.75, 3.05) is 51.3 Å². The lowest BCUT2D eigenvalue weighted by Crippen LogP contribution is -2.56. The molecule has 5 rings (SSSR count). The molecule has 10 heteroatoms. The molecule has 9 nitrogen and oxygen atoms in total. The van der Waals surface area contributed by atoms with Crippen LogP contribution in [0.2, 0.25) is 0 Å². The van der Waals surface area contributed by atoms with Gasteiger partial charge in [0.15, 0.2) is 0 Å². The van der Waals surface area contributed by atoms with Gasteiger partial charge < -0.3 is 25.4 Å². The Hall–Kier alpha value is -2.14. The van der Waals surface area contributed by atoms with Gasteiger partial charge in [-0.25, -0.2) is 0 Å². The van der Waals surface area contributed by atoms with Gasteiger partial charge in [0.25, 0.3) is 0 Å². The second-order valence-electron chi connectivity index (χ2n) is 10.6. The Labute approximate surface area is 216 Å². The maximum Gasteiger partial charge on any atom is 0.244 e. The van der Waals surface area contributed by atoms with E-state index in [4.69, 9.17) is 4.74 Å². The summed E-state index contributed by atoms with van der Waals surface area (Å²) in [6.07, 6.45) is 1.45. The van der Waals surface area contributed by atoms with Crippen molar-refractivity contribution in [2.24, 2.45) is 11.8 Å². The number of aliphatic hydroxyl groups is 1. The van der Waals surface area contributed by atoms with Crippen molar-refractivity contribution in [3.8, 4) is 0 Å². The highest BCUT2D eigenvalue weighted by molar-refractivity contribution is 8.02. The highest BCUT2D eigenvalue weighted by Gasteiger charge is 2.77. The van der Waals surface area contributed by atoms with Crippen LogP contribution in [-0.2, 0) is 19.1 Å². The lowest BCUT2D eigenvalue weighted by molar-refractivity contribution is -0.142. The van der Waals surface area contributed by atoms with E-state index in [9.17, 15) is 19.5 Å². The summed E-state index contributed by atoms with van der Waals surface area (Å²) in [5.74, 6) is -1.73. The van der Waals surface area contributed by atoms with Crippen molar-refractivity contribution in [1.82, 2.24) is 15.1 Å². The molecule has 2 bridgehead atoms. The summed E-state index contributed by atoms with van der Waals surface area (Å²) < 4.78 is 4.28. The molecule has 3 amide bonds. The fraction of sp³-hybridized carbons (Fsp3) is 0.654. The van der Waals surface area contributed by atoms with Gasteiger partial charge in [0, 0.05) is 36.6 Å². The van der Waals surface area contributed by atoms with Crippen LogP contribution >= 0.6 is 11.8 Å². The minimum absolute atomic E-state index is 0.180. The van der Waals surface area contributed by atoms with Gasteiger partial charge in [0.1, 0.15) is 6.04 Å². The molecule has 36 heavy (non-hydrogen) atoms. The van der Waals surface area contributed by atoms with Gasteiger partial charge >= 0.3 is 0 Å². The molecule has 1 aromatic rings. The number of aliphatic hydroxyl groups excluding tert-OH is 1. The summed E-state index contributed by atoms with van der Waals surface area (Å²) in [7, 11) is 0. The van der Waals surface area contributed by atoms with E-state index < -0.39 is 33.4 Å². The Bertz CT molecular complexity index is 1010. The first-order valence-electron chi connectivity index (χ1n) is 12.9. The number of hydrogen-bond acceptors (Lipinski definition) is 7. The van der Waals surface area contributed by atoms with Crippen LogP contribution in [0, 0.1) is 11.8 Å². The molecule has 1 spiro atoms. The fourth-order valence-corrected chi connectivity index (χ4v) is 8.97. The lowest BCUT2D eigenvalue weighted by atomic mass is 9.66. The number of nitrogens with zero attached hydrogens (tertiary/aromatic N) is 2. The first kappa shape index (κ1) is 25.5. The third-order valence-corrected chi connectivity index (χ3v) is 10.3. The number of fused-ring (bicyclic) bond motifs is 1. The molecule has 6 atom stereocenters. The molecule has 4 aliphatic rings. The van der Waals surface area contributed by atoms with E-state index in [0.717, 1.165) is 19.5 Å². The molecule has 3 N–H and O–H groups in total. The second kappa shape index (κ2) is 9.96. The molecule has 0 aromatic heterocycles. The number of carbonyl (C=O) groups excluding carboxylic acids is 3. The van der Waals surface area contributed by atoms with Crippen molar-refractivity contribution in [3.63, 3.8) is 0 Å². The Morgan fingerprint density at radius 1 is 1.19 bits per heavy atom. The number of ether oxygens (including phenoxy) is 1. The van der Waals surface area contributed by atoms with Gasteiger partial charge in [-0.1, -0.05) is 18.2 Å². The van der Waals surface area contributed by atoms with Crippen LogP contribution < -0.4 is 10.6 Å². The summed E-state index contributed by atoms with van der Waals surface area (Å²) in [6.45, 7) is 7.84. The molecule has 4 aliphatic heterocycles. The minimum Gasteiger partial charge on any atom is -0.394 e. The zero-order valence-corrected chi connectivity index (χ0v) is 21.8. The number of rotatable bonds is 8. The number of nitrogens with one attached hydrogen (secondary N) is 2. The van der Waals surface area contributed by atoms with E-state index in [-0.39, 0.29) is 24.3 Å². The Balaban J connectivity index is 1.39. The van der Waals surface area contributed by atoms with Crippen molar-refractivity contribution in [2.45, 2.75) is 48.3 Å². The summed E-state index contributed by atoms with van der Waals surface area (Å²) in [4.78, 5) is 45.1. The average Bonchev–Trinajstić information content (AvgIpc) is 3.45. The van der Waals surface area contributed by atoms with Crippen LogP contribution in [0.25, 0.3) is 0 Å². The van der Waals surface area contributed by atoms with Crippen molar-refractivity contribution >= 4 is 35.2 Å². The van der Waals surface area contributed by atoms with Gasteiger partial charge in [0.2, 0.25) is 17.7 Å². The first-order valence-corrected chi connectivity index (χ1v) is 13.7. The quantitative estimate of drug-likeness (QED) is 0.472. The van der Waals surface area contributed by atoms with E-state index in [1.807, 2.05) is 30.3 Å². The molecular formula is C26H36N4O5S. The first-order chi connectivity index (χ1) is 17.3. The van der Waals surface area contributed by atoms with Crippen LogP contribution in [0.1, 0.15) is 26.7 Å². The fourth-order valence-electron chi connectivity index (χ4n) is 6.63. The predicted molar refractivity (Wildman–Crippen MR) is 137 cm³/mol. The van der Waals surface area contributed by atoms with Crippen molar-refractivity contribution in [3.05, 3.63) is 30.3 Å². The number of para-hydroxylation sites is 1. The largest absolute Gasteiger partial charge is 0.394 e. The van der Waals surface area contributed by atoms with Crippen LogP contribution in [-0.4, -0.2) is 100 Å². The SMILES string of the molecule is C[C@H](CO)N1C(=O)[C@@H]2[C@H](C(=O)Nc3ccccc3)[C@]3(C)CCC2(S3)C1C(=O)NCCN1CCOCC1. The highest BCUT2D eigenvalue weighted by atomic mass is 32.2. The zero-order valence-electron chi connectivity index (χ0n) is 20.9. The maximum absolute atomic E-state index is 13.9. The van der Waals surface area contributed by atoms with E-state index in [1.54, 1.807) is 23.6 Å². The third-order valence-electron chi connectivity index (χ3n) is 8.36. The number of benzene rings is 1. The van der Waals surface area contributed by atoms with Gasteiger partial charge in [-0.3, -0.25) is 19.3 Å². The summed E-state index contributed by atoms with van der Waals surface area (Å²) in [6, 6.07) is 8.03. The Kier molecular flexibility index (Phi) is 7.06. The van der Waals surface area contributed by atoms with Crippen molar-refractivity contribution in [1.29, 1.82) is 0 Å². The highest BCUT2D eigenvalue weighted by Crippen LogP contribution is 2.71. The molecule has 4 heterocycles. The van der Waals surface area contributed by atoms with Crippen LogP contribution in [0.4, 0.5) is 5.69 Å². The van der Waals surface area contributed by atoms with E-state index >= 15 is 0 Å². The number of hydrogen-bond donors (Lipinski definition) is 3. The molecule has 0 radical (unpaired) electrons. The smallest absolute Gasteiger partial charge is 0.244 e. The van der Waals surface area contributed by atoms with Crippen LogP contribution in [0.5, 0.6) is 0 Å². The molecule has 1 aromatic carbocycles. The number of likely N-dealkylation sites (tertiary alicyclic amines) is 1. The molecule has 2 unspecified atom stereocenters. The maximum atomic E-state index is 13.9. The number of anilines is 1. The lowest BCUT2D eigenvalue weighted by Gasteiger charge is -2.36. The summed E-state index contributed by atoms with van der Waals surface area (Å²) in [5, 5.41) is 16.1. The third kappa shape index (κ3) is 4.21. The number of morpholine rings is 1. The van der Waals surface area contributed by atoms with E-state index in [1.165, 1.54) is 0 Å². The minimum atomic E-state index is -0.719. The molecule has 0 aliphatic carbocycles. The molecular weight excluding hydrogens is 480 g/mol. The monoisotopic (exact) mass is 516 g/mol. The second-order valence-corrected chi connectivity index (χ2v) is 12.5. The summed E-state index contributed by atoms with van der Waals surface area (Å²) >= 11 is 1.64. The van der Waals surface area contributed by atoms with E-state index in [2.05, 4.69) is 22.5 Å². The average molecular weight is 517 g/mol. The van der Waals surface area contributed by atoms with Gasteiger partial charge in [-0.2, -0.15) is 0 Å². The zero-order chi connectivity index (χ0) is 25.5. The van der Waals surface area contributed by atoms with Crippen molar-refractivity contribution < 1.29 is 24.2 Å². The normalized spacial score (nSPS) is 34.5. The standard InChI is InChI=1S/C26H36N4O5S/c1-17(16-31)30-21(23(33)27-10-11-29-12-14-35-15-13-29)26-9-8-25(2,36-26)19(20(26)24(30)34)22(32)28-18-6-4-3-5-7-18/h3-7,17,19-21,31H,8-16H2,1-2H3,(H,27,33)(H,28,32)/t17-,19-,20+,21?,25+,26?/m1/s1. The van der Waals surface area contributed by atoms with Crippen LogP contribution in [0.15, 0.2) is 30.3 Å². The number of carbonyl (C=O) groups is 3. The number of amides is 3. The molecule has 4 fully saturated rings. The van der Waals surface area contributed by atoms with Gasteiger partial charge in [-0.05, 0) is 38.8 Å². The molecule has 4 saturated heterocycles. The molecule has 196 valence electrons.